The third-order valence-electron chi connectivity index (χ3n) is 3.40. The molecule has 7 nitrogen and oxygen atoms in total. The maximum absolute atomic E-state index is 12.4. The molecular weight excluding hydrogens is 314 g/mol. The first-order valence-electron chi connectivity index (χ1n) is 7.07. The number of hydrogen-bond donors (Lipinski definition) is 3. The van der Waals surface area contributed by atoms with E-state index in [1.165, 1.54) is 0 Å². The normalized spacial score (nSPS) is 11.1. The topological polar surface area (TPSA) is 95.6 Å². The highest BCUT2D eigenvalue weighted by Crippen LogP contribution is 2.16. The molecule has 3 N–H and O–H groups in total. The first-order chi connectivity index (χ1) is 11.0. The Hall–Kier alpha value is -2.74. The minimum absolute atomic E-state index is 0.131. The van der Waals surface area contributed by atoms with Crippen LogP contribution in [0.3, 0.4) is 0 Å². The largest absolute Gasteiger partial charge is 0.332 e. The molecule has 1 aromatic carbocycles. The Bertz CT molecular complexity index is 999. The van der Waals surface area contributed by atoms with Crippen LogP contribution >= 0.6 is 12.2 Å². The summed E-state index contributed by atoms with van der Waals surface area (Å²) >= 11 is 4.95. The molecule has 0 saturated heterocycles. The van der Waals surface area contributed by atoms with Crippen LogP contribution in [-0.2, 0) is 0 Å². The first kappa shape index (κ1) is 15.2. The molecule has 0 aliphatic rings. The van der Waals surface area contributed by atoms with Crippen molar-refractivity contribution in [2.24, 2.45) is 0 Å². The molecule has 3 aromatic rings. The fourth-order valence-electron chi connectivity index (χ4n) is 2.32. The molecule has 0 radical (unpaired) electrons. The highest BCUT2D eigenvalue weighted by atomic mass is 32.1. The Kier molecular flexibility index (Phi) is 3.83. The molecule has 118 valence electrons. The van der Waals surface area contributed by atoms with Gasteiger partial charge in [-0.2, -0.15) is 5.10 Å². The number of nitrogens with zero attached hydrogens (tertiary/aromatic N) is 2. The summed E-state index contributed by atoms with van der Waals surface area (Å²) in [5.41, 5.74) is 0.655. The van der Waals surface area contributed by atoms with Crippen molar-refractivity contribution in [2.45, 2.75) is 19.9 Å². The number of hydrogen-bond acceptors (Lipinski definition) is 4. The number of aromatic nitrogens is 4. The molecule has 8 heteroatoms. The van der Waals surface area contributed by atoms with Crippen LogP contribution in [0.15, 0.2) is 35.3 Å². The third-order valence-corrected chi connectivity index (χ3v) is 3.61. The Balaban J connectivity index is 1.96. The second-order valence-corrected chi connectivity index (χ2v) is 5.79. The van der Waals surface area contributed by atoms with E-state index in [1.54, 1.807) is 35.1 Å². The zero-order valence-electron chi connectivity index (χ0n) is 12.6. The fourth-order valence-corrected chi connectivity index (χ4v) is 2.53. The van der Waals surface area contributed by atoms with E-state index >= 15 is 0 Å². The van der Waals surface area contributed by atoms with Crippen LogP contribution in [0, 0.1) is 4.77 Å². The Labute approximate surface area is 136 Å². The lowest BCUT2D eigenvalue weighted by Crippen LogP contribution is -2.17. The number of aromatic amines is 2. The average Bonchev–Trinajstić information content (AvgIpc) is 2.94. The minimum Gasteiger partial charge on any atom is -0.332 e. The van der Waals surface area contributed by atoms with Gasteiger partial charge in [-0.3, -0.25) is 14.6 Å². The number of rotatable bonds is 3. The van der Waals surface area contributed by atoms with Crippen LogP contribution in [0.1, 0.15) is 30.2 Å². The lowest BCUT2D eigenvalue weighted by atomic mass is 10.1. The van der Waals surface area contributed by atoms with Crippen LogP contribution in [-0.4, -0.2) is 25.7 Å². The lowest BCUT2D eigenvalue weighted by Gasteiger charge is -2.12. The number of H-pyrrole nitrogens is 2. The molecule has 0 atom stereocenters. The zero-order valence-corrected chi connectivity index (χ0v) is 13.4. The van der Waals surface area contributed by atoms with Gasteiger partial charge in [-0.1, -0.05) is 0 Å². The van der Waals surface area contributed by atoms with Gasteiger partial charge in [0.2, 0.25) is 0 Å². The molecule has 0 fully saturated rings. The van der Waals surface area contributed by atoms with Crippen molar-refractivity contribution in [1.82, 2.24) is 19.7 Å². The van der Waals surface area contributed by atoms with Crippen LogP contribution in [0.25, 0.3) is 10.9 Å². The number of anilines is 1. The molecular formula is C15H15N5O2S. The van der Waals surface area contributed by atoms with Gasteiger partial charge in [-0.05, 0) is 44.3 Å². The van der Waals surface area contributed by atoms with Crippen LogP contribution in [0.2, 0.25) is 0 Å². The van der Waals surface area contributed by atoms with Crippen molar-refractivity contribution >= 4 is 34.8 Å². The van der Waals surface area contributed by atoms with Crippen LogP contribution in [0.5, 0.6) is 0 Å². The summed E-state index contributed by atoms with van der Waals surface area (Å²) in [5.74, 6) is 0.331. The van der Waals surface area contributed by atoms with Crippen LogP contribution in [0.4, 0.5) is 5.82 Å². The van der Waals surface area contributed by atoms with Crippen molar-refractivity contribution in [2.75, 3.05) is 5.32 Å². The van der Waals surface area contributed by atoms with Gasteiger partial charge in [0.05, 0.1) is 17.1 Å². The highest BCUT2D eigenvalue weighted by Gasteiger charge is 2.12. The van der Waals surface area contributed by atoms with E-state index in [1.807, 2.05) is 13.8 Å². The summed E-state index contributed by atoms with van der Waals surface area (Å²) in [4.78, 5) is 29.6. The monoisotopic (exact) mass is 329 g/mol. The first-order valence-corrected chi connectivity index (χ1v) is 7.48. The van der Waals surface area contributed by atoms with Gasteiger partial charge in [-0.15, -0.1) is 0 Å². The van der Waals surface area contributed by atoms with Gasteiger partial charge in [0, 0.05) is 17.7 Å². The standard InChI is InChI=1S/C15H15N5O2S/c1-8(2)20-12(5-6-16-20)18-13(21)9-3-4-10-11(7-9)17-15(23)19-14(10)22/h3-8H,1-2H3,(H,18,21)(H2,17,19,22,23). The number of amides is 1. The van der Waals surface area contributed by atoms with Crippen LogP contribution < -0.4 is 10.9 Å². The molecule has 3 rings (SSSR count). The number of benzene rings is 1. The summed E-state index contributed by atoms with van der Waals surface area (Å²) in [5, 5.41) is 7.44. The summed E-state index contributed by atoms with van der Waals surface area (Å²) in [6.07, 6.45) is 1.63. The van der Waals surface area contributed by atoms with E-state index in [-0.39, 0.29) is 22.3 Å². The molecule has 23 heavy (non-hydrogen) atoms. The lowest BCUT2D eigenvalue weighted by molar-refractivity contribution is 0.102. The van der Waals surface area contributed by atoms with E-state index in [0.717, 1.165) is 0 Å². The predicted molar refractivity (Wildman–Crippen MR) is 90.3 cm³/mol. The van der Waals surface area contributed by atoms with E-state index in [4.69, 9.17) is 12.2 Å². The van der Waals surface area contributed by atoms with Crippen molar-refractivity contribution in [3.8, 4) is 0 Å². The predicted octanol–water partition coefficient (Wildman–Crippen LogP) is 2.62. The van der Waals surface area contributed by atoms with E-state index in [0.29, 0.717) is 22.3 Å². The average molecular weight is 329 g/mol. The summed E-state index contributed by atoms with van der Waals surface area (Å²) in [6.45, 7) is 3.95. The molecule has 2 aromatic heterocycles. The highest BCUT2D eigenvalue weighted by molar-refractivity contribution is 7.71. The van der Waals surface area contributed by atoms with E-state index < -0.39 is 0 Å². The van der Waals surface area contributed by atoms with Gasteiger partial charge in [0.1, 0.15) is 5.82 Å². The number of carbonyl (C=O) groups is 1. The second-order valence-electron chi connectivity index (χ2n) is 5.38. The van der Waals surface area contributed by atoms with Gasteiger partial charge in [-0.25, -0.2) is 4.68 Å². The van der Waals surface area contributed by atoms with Crippen molar-refractivity contribution in [3.63, 3.8) is 0 Å². The summed E-state index contributed by atoms with van der Waals surface area (Å²) < 4.78 is 1.94. The SMILES string of the molecule is CC(C)n1nccc1NC(=O)c1ccc2c(=O)[nH]c(=S)[nH]c2c1. The zero-order chi connectivity index (χ0) is 16.6. The van der Waals surface area contributed by atoms with Gasteiger partial charge < -0.3 is 10.3 Å². The quantitative estimate of drug-likeness (QED) is 0.644. The molecule has 0 aliphatic heterocycles. The Morgan fingerprint density at radius 3 is 2.83 bits per heavy atom. The molecule has 0 unspecified atom stereocenters. The third kappa shape index (κ3) is 2.93. The number of nitrogens with one attached hydrogen (secondary N) is 3. The molecule has 1 amide bonds. The molecule has 0 saturated carbocycles. The van der Waals surface area contributed by atoms with Gasteiger partial charge in [0.15, 0.2) is 4.77 Å². The van der Waals surface area contributed by atoms with Crippen molar-refractivity contribution < 1.29 is 4.79 Å². The number of fused-ring (bicyclic) bond motifs is 1. The molecule has 0 aliphatic carbocycles. The molecule has 0 spiro atoms. The summed E-state index contributed by atoms with van der Waals surface area (Å²) in [7, 11) is 0. The smallest absolute Gasteiger partial charge is 0.259 e. The molecule has 0 bridgehead atoms. The maximum Gasteiger partial charge on any atom is 0.259 e. The van der Waals surface area contributed by atoms with E-state index in [2.05, 4.69) is 20.4 Å². The fraction of sp³-hybridized carbons (Fsp3) is 0.200. The summed E-state index contributed by atoms with van der Waals surface area (Å²) in [6, 6.07) is 6.66. The Morgan fingerprint density at radius 2 is 2.09 bits per heavy atom. The maximum atomic E-state index is 12.4. The van der Waals surface area contributed by atoms with Gasteiger partial charge in [0.25, 0.3) is 11.5 Å². The van der Waals surface area contributed by atoms with Crippen molar-refractivity contribution in [3.05, 3.63) is 51.2 Å². The molecule has 2 heterocycles. The van der Waals surface area contributed by atoms with Gasteiger partial charge >= 0.3 is 0 Å². The Morgan fingerprint density at radius 1 is 1.30 bits per heavy atom. The van der Waals surface area contributed by atoms with Crippen molar-refractivity contribution in [1.29, 1.82) is 0 Å². The second kappa shape index (κ2) is 5.81. The van der Waals surface area contributed by atoms with E-state index in [9.17, 15) is 9.59 Å². The minimum atomic E-state index is -0.284. The number of carbonyl (C=O) groups excluding carboxylic acids is 1.